The molecule has 0 heterocycles. The third-order valence-electron chi connectivity index (χ3n) is 3.42. The van der Waals surface area contributed by atoms with Gasteiger partial charge in [-0.05, 0) is 41.4 Å². The monoisotopic (exact) mass is 327 g/mol. The summed E-state index contributed by atoms with van der Waals surface area (Å²) in [4.78, 5) is 0. The number of hydrogen-bond acceptors (Lipinski definition) is 2. The van der Waals surface area contributed by atoms with E-state index in [9.17, 15) is 0 Å². The van der Waals surface area contributed by atoms with E-state index in [0.717, 1.165) is 23.4 Å². The van der Waals surface area contributed by atoms with Crippen molar-refractivity contribution in [3.63, 3.8) is 0 Å². The summed E-state index contributed by atoms with van der Waals surface area (Å²) in [7, 11) is 1.96. The molecular formula is C16H26BrNO. The molecule has 0 saturated carbocycles. The van der Waals surface area contributed by atoms with E-state index in [1.54, 1.807) is 0 Å². The largest absolute Gasteiger partial charge is 0.492 e. The van der Waals surface area contributed by atoms with Gasteiger partial charge in [0.1, 0.15) is 5.75 Å². The highest BCUT2D eigenvalue weighted by Gasteiger charge is 2.11. The lowest BCUT2D eigenvalue weighted by molar-refractivity contribution is 0.230. The van der Waals surface area contributed by atoms with Crippen molar-refractivity contribution in [1.29, 1.82) is 0 Å². The van der Waals surface area contributed by atoms with Crippen molar-refractivity contribution in [2.45, 2.75) is 46.1 Å². The van der Waals surface area contributed by atoms with Crippen LogP contribution >= 0.6 is 15.9 Å². The SMILES string of the molecule is CCCCC(CC)COc1c(Br)cccc1CNC. The molecule has 0 aliphatic heterocycles. The highest BCUT2D eigenvalue weighted by Crippen LogP contribution is 2.30. The van der Waals surface area contributed by atoms with Crippen molar-refractivity contribution in [2.24, 2.45) is 5.92 Å². The van der Waals surface area contributed by atoms with Gasteiger partial charge in [0, 0.05) is 12.1 Å². The molecule has 1 atom stereocenters. The van der Waals surface area contributed by atoms with Gasteiger partial charge in [0.25, 0.3) is 0 Å². The minimum absolute atomic E-state index is 0.662. The zero-order valence-corrected chi connectivity index (χ0v) is 13.9. The standard InChI is InChI=1S/C16H26BrNO/c1-4-6-8-13(5-2)12-19-16-14(11-18-3)9-7-10-15(16)17/h7,9-10,13,18H,4-6,8,11-12H2,1-3H3. The highest BCUT2D eigenvalue weighted by molar-refractivity contribution is 9.10. The zero-order chi connectivity index (χ0) is 14.1. The summed E-state index contributed by atoms with van der Waals surface area (Å²) in [5.41, 5.74) is 1.21. The Hall–Kier alpha value is -0.540. The molecule has 1 N–H and O–H groups in total. The molecule has 1 aromatic rings. The molecule has 0 spiro atoms. The summed E-state index contributed by atoms with van der Waals surface area (Å²) >= 11 is 3.59. The summed E-state index contributed by atoms with van der Waals surface area (Å²) in [6.07, 6.45) is 5.00. The number of para-hydroxylation sites is 1. The van der Waals surface area contributed by atoms with Gasteiger partial charge in [0.2, 0.25) is 0 Å². The first-order valence-corrected chi connectivity index (χ1v) is 8.06. The second-order valence-electron chi connectivity index (χ2n) is 4.99. The van der Waals surface area contributed by atoms with Crippen molar-refractivity contribution in [1.82, 2.24) is 5.32 Å². The van der Waals surface area contributed by atoms with Crippen LogP contribution < -0.4 is 10.1 Å². The summed E-state index contributed by atoms with van der Waals surface area (Å²) in [5.74, 6) is 1.65. The highest BCUT2D eigenvalue weighted by atomic mass is 79.9. The Morgan fingerprint density at radius 3 is 2.74 bits per heavy atom. The molecule has 108 valence electrons. The van der Waals surface area contributed by atoms with Crippen LogP contribution in [0, 0.1) is 5.92 Å². The van der Waals surface area contributed by atoms with Crippen LogP contribution in [0.2, 0.25) is 0 Å². The molecule has 0 amide bonds. The molecule has 0 aliphatic carbocycles. The van der Waals surface area contributed by atoms with Gasteiger partial charge in [0.05, 0.1) is 11.1 Å². The molecule has 0 fully saturated rings. The fourth-order valence-electron chi connectivity index (χ4n) is 2.14. The minimum atomic E-state index is 0.662. The summed E-state index contributed by atoms with van der Waals surface area (Å²) < 4.78 is 7.13. The van der Waals surface area contributed by atoms with E-state index < -0.39 is 0 Å². The first-order valence-electron chi connectivity index (χ1n) is 7.27. The number of benzene rings is 1. The van der Waals surface area contributed by atoms with Crippen LogP contribution in [-0.2, 0) is 6.54 Å². The first-order chi connectivity index (χ1) is 9.22. The lowest BCUT2D eigenvalue weighted by Gasteiger charge is -2.18. The first kappa shape index (κ1) is 16.5. The van der Waals surface area contributed by atoms with E-state index in [2.05, 4.69) is 47.2 Å². The lowest BCUT2D eigenvalue weighted by Crippen LogP contribution is -2.14. The van der Waals surface area contributed by atoms with Crippen LogP contribution in [0.1, 0.15) is 45.1 Å². The number of unbranched alkanes of at least 4 members (excludes halogenated alkanes) is 1. The smallest absolute Gasteiger partial charge is 0.137 e. The van der Waals surface area contributed by atoms with Crippen molar-refractivity contribution in [2.75, 3.05) is 13.7 Å². The Morgan fingerprint density at radius 2 is 2.11 bits per heavy atom. The molecule has 3 heteroatoms. The van der Waals surface area contributed by atoms with Crippen LogP contribution in [-0.4, -0.2) is 13.7 Å². The second-order valence-corrected chi connectivity index (χ2v) is 5.84. The van der Waals surface area contributed by atoms with Gasteiger partial charge in [0.15, 0.2) is 0 Å². The van der Waals surface area contributed by atoms with Crippen LogP contribution in [0.25, 0.3) is 0 Å². The van der Waals surface area contributed by atoms with Gasteiger partial charge in [-0.3, -0.25) is 0 Å². The lowest BCUT2D eigenvalue weighted by atomic mass is 10.0. The third kappa shape index (κ3) is 5.53. The average molecular weight is 328 g/mol. The van der Waals surface area contributed by atoms with Crippen molar-refractivity contribution in [3.8, 4) is 5.75 Å². The molecule has 1 unspecified atom stereocenters. The number of nitrogens with one attached hydrogen (secondary N) is 1. The van der Waals surface area contributed by atoms with Gasteiger partial charge in [-0.25, -0.2) is 0 Å². The van der Waals surface area contributed by atoms with Crippen molar-refractivity contribution >= 4 is 15.9 Å². The van der Waals surface area contributed by atoms with Gasteiger partial charge in [-0.2, -0.15) is 0 Å². The van der Waals surface area contributed by atoms with Gasteiger partial charge < -0.3 is 10.1 Å². The maximum atomic E-state index is 6.08. The predicted octanol–water partition coefficient (Wildman–Crippen LogP) is 4.76. The van der Waals surface area contributed by atoms with Crippen LogP contribution in [0.15, 0.2) is 22.7 Å². The fourth-order valence-corrected chi connectivity index (χ4v) is 2.67. The molecule has 1 rings (SSSR count). The Bertz CT molecular complexity index is 368. The molecule has 0 saturated heterocycles. The van der Waals surface area contributed by atoms with Crippen molar-refractivity contribution < 1.29 is 4.74 Å². The van der Waals surface area contributed by atoms with Gasteiger partial charge in [-0.15, -0.1) is 0 Å². The van der Waals surface area contributed by atoms with E-state index in [4.69, 9.17) is 4.74 Å². The fraction of sp³-hybridized carbons (Fsp3) is 0.625. The quantitative estimate of drug-likeness (QED) is 0.705. The van der Waals surface area contributed by atoms with Crippen LogP contribution in [0.3, 0.4) is 0 Å². The molecule has 0 radical (unpaired) electrons. The van der Waals surface area contributed by atoms with Crippen LogP contribution in [0.5, 0.6) is 5.75 Å². The molecular weight excluding hydrogens is 302 g/mol. The van der Waals surface area contributed by atoms with E-state index in [-0.39, 0.29) is 0 Å². The van der Waals surface area contributed by atoms with E-state index in [1.807, 2.05) is 13.1 Å². The Labute approximate surface area is 126 Å². The van der Waals surface area contributed by atoms with E-state index in [0.29, 0.717) is 5.92 Å². The topological polar surface area (TPSA) is 21.3 Å². The summed E-state index contributed by atoms with van der Waals surface area (Å²) in [5, 5.41) is 3.19. The van der Waals surface area contributed by atoms with Crippen molar-refractivity contribution in [3.05, 3.63) is 28.2 Å². The number of ether oxygens (including phenoxy) is 1. The molecule has 19 heavy (non-hydrogen) atoms. The third-order valence-corrected chi connectivity index (χ3v) is 4.05. The Kier molecular flexibility index (Phi) is 8.15. The van der Waals surface area contributed by atoms with Gasteiger partial charge in [-0.1, -0.05) is 45.2 Å². The minimum Gasteiger partial charge on any atom is -0.492 e. The predicted molar refractivity (Wildman–Crippen MR) is 85.7 cm³/mol. The number of halogens is 1. The normalized spacial score (nSPS) is 12.4. The Morgan fingerprint density at radius 1 is 1.32 bits per heavy atom. The number of hydrogen-bond donors (Lipinski definition) is 1. The average Bonchev–Trinajstić information content (AvgIpc) is 2.41. The van der Waals surface area contributed by atoms with Gasteiger partial charge >= 0.3 is 0 Å². The van der Waals surface area contributed by atoms with E-state index in [1.165, 1.54) is 31.2 Å². The molecule has 2 nitrogen and oxygen atoms in total. The van der Waals surface area contributed by atoms with E-state index >= 15 is 0 Å². The Balaban J connectivity index is 2.64. The molecule has 0 aromatic heterocycles. The maximum absolute atomic E-state index is 6.08. The molecule has 0 aliphatic rings. The molecule has 1 aromatic carbocycles. The second kappa shape index (κ2) is 9.38. The number of rotatable bonds is 9. The molecule has 0 bridgehead atoms. The maximum Gasteiger partial charge on any atom is 0.137 e. The summed E-state index contributed by atoms with van der Waals surface area (Å²) in [6.45, 7) is 6.14. The van der Waals surface area contributed by atoms with Crippen LogP contribution in [0.4, 0.5) is 0 Å². The summed E-state index contributed by atoms with van der Waals surface area (Å²) in [6, 6.07) is 6.21. The zero-order valence-electron chi connectivity index (χ0n) is 12.3.